The van der Waals surface area contributed by atoms with Gasteiger partial charge in [-0.3, -0.25) is 0 Å². The van der Waals surface area contributed by atoms with Crippen LogP contribution in [-0.2, 0) is 12.8 Å². The lowest BCUT2D eigenvalue weighted by atomic mass is 10.1. The summed E-state index contributed by atoms with van der Waals surface area (Å²) in [6.07, 6.45) is 8.45. The number of hydrogen-bond donors (Lipinski definition) is 1. The van der Waals surface area contributed by atoms with E-state index < -0.39 is 0 Å². The van der Waals surface area contributed by atoms with E-state index in [-0.39, 0.29) is 0 Å². The zero-order valence-corrected chi connectivity index (χ0v) is 12.4. The van der Waals surface area contributed by atoms with Crippen molar-refractivity contribution in [2.24, 2.45) is 0 Å². The average molecular weight is 267 g/mol. The summed E-state index contributed by atoms with van der Waals surface area (Å²) < 4.78 is 0. The Morgan fingerprint density at radius 3 is 2.89 bits per heavy atom. The highest BCUT2D eigenvalue weighted by Gasteiger charge is 2.11. The molecule has 18 heavy (non-hydrogen) atoms. The molecule has 0 amide bonds. The molecule has 2 rings (SSSR count). The predicted molar refractivity (Wildman–Crippen MR) is 78.3 cm³/mol. The van der Waals surface area contributed by atoms with Crippen molar-refractivity contribution in [2.75, 3.05) is 26.7 Å². The lowest BCUT2D eigenvalue weighted by molar-refractivity contribution is 0.231. The van der Waals surface area contributed by atoms with E-state index in [0.717, 1.165) is 12.8 Å². The Hall–Kier alpha value is -0.450. The molecule has 0 spiro atoms. The molecule has 0 saturated carbocycles. The summed E-state index contributed by atoms with van der Waals surface area (Å²) in [5, 5.41) is 4.58. The van der Waals surface area contributed by atoms with Gasteiger partial charge >= 0.3 is 0 Å². The summed E-state index contributed by atoms with van der Waals surface area (Å²) in [5.74, 6) is 0. The Bertz CT molecular complexity index is 345. The third-order valence-corrected chi connectivity index (χ3v) is 4.77. The van der Waals surface area contributed by atoms with Crippen LogP contribution in [0, 0.1) is 0 Å². The number of thiazole rings is 1. The first kappa shape index (κ1) is 14.0. The molecule has 1 fully saturated rings. The van der Waals surface area contributed by atoms with Gasteiger partial charge < -0.3 is 10.2 Å². The quantitative estimate of drug-likeness (QED) is 0.857. The first-order chi connectivity index (χ1) is 8.78. The van der Waals surface area contributed by atoms with Crippen molar-refractivity contribution in [1.29, 1.82) is 0 Å². The van der Waals surface area contributed by atoms with Crippen molar-refractivity contribution in [3.05, 3.63) is 16.1 Å². The zero-order valence-electron chi connectivity index (χ0n) is 11.6. The first-order valence-electron chi connectivity index (χ1n) is 7.11. The molecule has 102 valence electrons. The van der Waals surface area contributed by atoms with Crippen LogP contribution in [0.5, 0.6) is 0 Å². The van der Waals surface area contributed by atoms with Gasteiger partial charge in [-0.25, -0.2) is 4.98 Å². The third kappa shape index (κ3) is 4.34. The van der Waals surface area contributed by atoms with Crippen molar-refractivity contribution in [3.8, 4) is 0 Å². The van der Waals surface area contributed by atoms with E-state index in [9.17, 15) is 0 Å². The topological polar surface area (TPSA) is 28.2 Å². The molecule has 1 aliphatic heterocycles. The van der Waals surface area contributed by atoms with Crippen LogP contribution in [0.25, 0.3) is 0 Å². The van der Waals surface area contributed by atoms with Crippen LogP contribution in [0.1, 0.15) is 36.1 Å². The molecule has 1 N–H and O–H groups in total. The monoisotopic (exact) mass is 267 g/mol. The first-order valence-corrected chi connectivity index (χ1v) is 7.93. The minimum atomic E-state index is 0.542. The van der Waals surface area contributed by atoms with E-state index in [2.05, 4.69) is 28.3 Å². The smallest absolute Gasteiger partial charge is 0.0940 e. The van der Waals surface area contributed by atoms with Gasteiger partial charge in [-0.2, -0.15) is 0 Å². The highest BCUT2D eigenvalue weighted by atomic mass is 32.1. The summed E-state index contributed by atoms with van der Waals surface area (Å²) in [5.41, 5.74) is 0. The Labute approximate surface area is 115 Å². The van der Waals surface area contributed by atoms with Crippen molar-refractivity contribution < 1.29 is 0 Å². The normalized spacial score (nSPS) is 19.0. The summed E-state index contributed by atoms with van der Waals surface area (Å²) in [7, 11) is 2.02. The largest absolute Gasteiger partial charge is 0.317 e. The summed E-state index contributed by atoms with van der Waals surface area (Å²) in [6, 6.07) is 0.542. The average Bonchev–Trinajstić information content (AvgIpc) is 2.85. The molecule has 1 saturated heterocycles. The second-order valence-electron chi connectivity index (χ2n) is 5.27. The Morgan fingerprint density at radius 2 is 2.17 bits per heavy atom. The number of hydrogen-bond acceptors (Lipinski definition) is 4. The molecule has 3 nitrogen and oxygen atoms in total. The van der Waals surface area contributed by atoms with Gasteiger partial charge in [0.2, 0.25) is 0 Å². The van der Waals surface area contributed by atoms with Gasteiger partial charge in [-0.15, -0.1) is 11.3 Å². The van der Waals surface area contributed by atoms with Crippen LogP contribution < -0.4 is 5.32 Å². The van der Waals surface area contributed by atoms with Crippen molar-refractivity contribution in [1.82, 2.24) is 15.2 Å². The number of nitrogens with zero attached hydrogens (tertiary/aromatic N) is 2. The number of piperidine rings is 1. The molecule has 1 atom stereocenters. The standard InChI is InChI=1S/C14H25N3S/c1-12(15-2)10-13-11-16-14(18-13)6-9-17-7-4-3-5-8-17/h11-12,15H,3-10H2,1-2H3. The zero-order chi connectivity index (χ0) is 12.8. The highest BCUT2D eigenvalue weighted by molar-refractivity contribution is 7.11. The fraction of sp³-hybridized carbons (Fsp3) is 0.786. The van der Waals surface area contributed by atoms with Crippen LogP contribution in [0.3, 0.4) is 0 Å². The lowest BCUT2D eigenvalue weighted by Gasteiger charge is -2.25. The Kier molecular flexibility index (Phi) is 5.60. The number of likely N-dealkylation sites (N-methyl/N-ethyl adjacent to an activating group) is 1. The molecule has 1 unspecified atom stereocenters. The molecule has 0 bridgehead atoms. The lowest BCUT2D eigenvalue weighted by Crippen LogP contribution is -2.31. The molecular weight excluding hydrogens is 242 g/mol. The SMILES string of the molecule is CNC(C)Cc1cnc(CCN2CCCCC2)s1. The molecule has 2 heterocycles. The molecule has 1 aliphatic rings. The summed E-state index contributed by atoms with van der Waals surface area (Å²) in [6.45, 7) is 5.98. The van der Waals surface area contributed by atoms with E-state index in [0.29, 0.717) is 6.04 Å². The molecule has 0 aliphatic carbocycles. The fourth-order valence-corrected chi connectivity index (χ4v) is 3.44. The predicted octanol–water partition coefficient (Wildman–Crippen LogP) is 2.32. The fourth-order valence-electron chi connectivity index (χ4n) is 2.40. The minimum absolute atomic E-state index is 0.542. The molecule has 4 heteroatoms. The minimum Gasteiger partial charge on any atom is -0.317 e. The molecule has 0 radical (unpaired) electrons. The molecular formula is C14H25N3S. The van der Waals surface area contributed by atoms with E-state index in [1.54, 1.807) is 0 Å². The van der Waals surface area contributed by atoms with Gasteiger partial charge in [0, 0.05) is 30.1 Å². The van der Waals surface area contributed by atoms with Crippen molar-refractivity contribution in [2.45, 2.75) is 45.1 Å². The Morgan fingerprint density at radius 1 is 1.39 bits per heavy atom. The maximum absolute atomic E-state index is 4.55. The second-order valence-corrected chi connectivity index (χ2v) is 6.47. The van der Waals surface area contributed by atoms with Gasteiger partial charge in [0.25, 0.3) is 0 Å². The third-order valence-electron chi connectivity index (χ3n) is 3.69. The van der Waals surface area contributed by atoms with E-state index >= 15 is 0 Å². The molecule has 1 aromatic rings. The van der Waals surface area contributed by atoms with E-state index in [4.69, 9.17) is 0 Å². The van der Waals surface area contributed by atoms with Gasteiger partial charge in [0.05, 0.1) is 5.01 Å². The van der Waals surface area contributed by atoms with E-state index in [1.807, 2.05) is 18.4 Å². The Balaban J connectivity index is 1.75. The number of rotatable bonds is 6. The van der Waals surface area contributed by atoms with Crippen LogP contribution in [0.15, 0.2) is 6.20 Å². The van der Waals surface area contributed by atoms with Gasteiger partial charge in [0.1, 0.15) is 0 Å². The number of likely N-dealkylation sites (tertiary alicyclic amines) is 1. The van der Waals surface area contributed by atoms with Crippen LogP contribution in [-0.4, -0.2) is 42.6 Å². The molecule has 1 aromatic heterocycles. The van der Waals surface area contributed by atoms with Crippen LogP contribution in [0.2, 0.25) is 0 Å². The van der Waals surface area contributed by atoms with Crippen LogP contribution >= 0.6 is 11.3 Å². The maximum atomic E-state index is 4.55. The number of aromatic nitrogens is 1. The van der Waals surface area contributed by atoms with Gasteiger partial charge in [0.15, 0.2) is 0 Å². The number of nitrogens with one attached hydrogen (secondary N) is 1. The van der Waals surface area contributed by atoms with Crippen molar-refractivity contribution in [3.63, 3.8) is 0 Å². The van der Waals surface area contributed by atoms with Gasteiger partial charge in [-0.05, 0) is 46.3 Å². The second kappa shape index (κ2) is 7.22. The summed E-state index contributed by atoms with van der Waals surface area (Å²) in [4.78, 5) is 8.54. The molecule has 0 aromatic carbocycles. The highest BCUT2D eigenvalue weighted by Crippen LogP contribution is 2.16. The van der Waals surface area contributed by atoms with Crippen LogP contribution in [0.4, 0.5) is 0 Å². The van der Waals surface area contributed by atoms with Crippen molar-refractivity contribution >= 4 is 11.3 Å². The van der Waals surface area contributed by atoms with E-state index in [1.165, 1.54) is 48.8 Å². The van der Waals surface area contributed by atoms with Gasteiger partial charge in [-0.1, -0.05) is 6.42 Å². The maximum Gasteiger partial charge on any atom is 0.0940 e. The summed E-state index contributed by atoms with van der Waals surface area (Å²) >= 11 is 1.89.